The second-order valence-corrected chi connectivity index (χ2v) is 9.92. The van der Waals surface area contributed by atoms with Crippen LogP contribution in [0.4, 0.5) is 8.78 Å². The molecule has 0 aliphatic carbocycles. The van der Waals surface area contributed by atoms with Gasteiger partial charge in [0.25, 0.3) is 11.8 Å². The zero-order valence-corrected chi connectivity index (χ0v) is 22.3. The van der Waals surface area contributed by atoms with Crippen molar-refractivity contribution in [3.63, 3.8) is 0 Å². The molecule has 0 unspecified atom stereocenters. The highest BCUT2D eigenvalue weighted by molar-refractivity contribution is 8.03. The summed E-state index contributed by atoms with van der Waals surface area (Å²) >= 11 is 7.08. The molecular weight excluding hydrogens is 552 g/mol. The van der Waals surface area contributed by atoms with Crippen LogP contribution in [-0.4, -0.2) is 44.3 Å². The number of benzene rings is 2. The molecule has 0 bridgehead atoms. The average Bonchev–Trinajstić information content (AvgIpc) is 3.53. The maximum atomic E-state index is 14.2. The Morgan fingerprint density at radius 2 is 1.97 bits per heavy atom. The van der Waals surface area contributed by atoms with Gasteiger partial charge in [-0.2, -0.15) is 5.10 Å². The number of hydrogen-bond donors (Lipinski definition) is 1. The van der Waals surface area contributed by atoms with Crippen LogP contribution in [0, 0.1) is 0 Å². The summed E-state index contributed by atoms with van der Waals surface area (Å²) in [6.07, 6.45) is 5.25. The third kappa shape index (κ3) is 6.37. The van der Waals surface area contributed by atoms with E-state index in [1.54, 1.807) is 53.5 Å². The lowest BCUT2D eigenvalue weighted by atomic mass is 10.0. The van der Waals surface area contributed by atoms with Crippen LogP contribution < -0.4 is 0 Å². The molecule has 0 atom stereocenters. The van der Waals surface area contributed by atoms with Crippen molar-refractivity contribution < 1.29 is 32.7 Å². The van der Waals surface area contributed by atoms with E-state index in [1.165, 1.54) is 18.2 Å². The fourth-order valence-corrected chi connectivity index (χ4v) is 4.70. The Kier molecular flexibility index (Phi) is 8.22. The van der Waals surface area contributed by atoms with E-state index in [9.17, 15) is 23.2 Å². The van der Waals surface area contributed by atoms with Crippen molar-refractivity contribution in [1.29, 1.82) is 0 Å². The summed E-state index contributed by atoms with van der Waals surface area (Å²) in [6.45, 7) is 0.691. The van der Waals surface area contributed by atoms with Crippen molar-refractivity contribution in [3.05, 3.63) is 92.9 Å². The molecule has 0 radical (unpaired) electrons. The van der Waals surface area contributed by atoms with Gasteiger partial charge in [0.1, 0.15) is 5.76 Å². The predicted octanol–water partition coefficient (Wildman–Crippen LogP) is 6.03. The number of rotatable bonds is 10. The number of aromatic carboxylic acids is 1. The van der Waals surface area contributed by atoms with Gasteiger partial charge in [-0.3, -0.25) is 19.2 Å². The Balaban J connectivity index is 1.57. The van der Waals surface area contributed by atoms with Crippen LogP contribution in [0.1, 0.15) is 39.9 Å². The summed E-state index contributed by atoms with van der Waals surface area (Å²) in [5, 5.41) is 14.3. The number of alkyl halides is 2. The second-order valence-electron chi connectivity index (χ2n) is 8.63. The van der Waals surface area contributed by atoms with E-state index in [4.69, 9.17) is 21.1 Å². The van der Waals surface area contributed by atoms with Gasteiger partial charge in [0.2, 0.25) is 12.2 Å². The number of carboxylic acid groups (broad SMARTS) is 1. The minimum atomic E-state index is -3.08. The lowest BCUT2D eigenvalue weighted by molar-refractivity contribution is -0.135. The molecule has 0 aliphatic rings. The fraction of sp³-hybridized carbons (Fsp3) is 0.185. The topological polar surface area (TPSA) is 106 Å². The molecule has 2 heterocycles. The minimum Gasteiger partial charge on any atom is -0.475 e. The number of aromatic nitrogens is 2. The molecule has 8 nitrogen and oxygen atoms in total. The molecule has 202 valence electrons. The quantitative estimate of drug-likeness (QED) is 0.182. The first-order valence-electron chi connectivity index (χ1n) is 11.5. The Morgan fingerprint density at radius 3 is 2.62 bits per heavy atom. The number of fused-ring (bicyclic) bond motifs is 1. The molecule has 0 spiro atoms. The van der Waals surface area contributed by atoms with Gasteiger partial charge in [0.05, 0.1) is 29.7 Å². The van der Waals surface area contributed by atoms with E-state index in [2.05, 4.69) is 5.10 Å². The summed E-state index contributed by atoms with van der Waals surface area (Å²) < 4.78 is 35.1. The number of carboxylic acids is 1. The van der Waals surface area contributed by atoms with Crippen LogP contribution >= 0.6 is 23.4 Å². The molecular formula is C27H22ClF2N3O5S. The van der Waals surface area contributed by atoms with Gasteiger partial charge >= 0.3 is 5.97 Å². The molecule has 0 saturated heterocycles. The molecule has 2 amide bonds. The van der Waals surface area contributed by atoms with Crippen molar-refractivity contribution in [2.75, 3.05) is 6.26 Å². The van der Waals surface area contributed by atoms with Crippen molar-refractivity contribution >= 4 is 58.6 Å². The minimum absolute atomic E-state index is 0.105. The predicted molar refractivity (Wildman–Crippen MR) is 144 cm³/mol. The molecule has 0 fully saturated rings. The van der Waals surface area contributed by atoms with Crippen LogP contribution in [-0.2, 0) is 28.6 Å². The summed E-state index contributed by atoms with van der Waals surface area (Å²) in [5.74, 6) is -5.07. The second kappa shape index (κ2) is 11.4. The van der Waals surface area contributed by atoms with Crippen LogP contribution in [0.2, 0.25) is 5.02 Å². The Bertz CT molecular complexity index is 1590. The normalized spacial score (nSPS) is 12.1. The third-order valence-electron chi connectivity index (χ3n) is 5.85. The molecule has 0 saturated carbocycles. The van der Waals surface area contributed by atoms with Crippen LogP contribution in [0.15, 0.2) is 64.1 Å². The number of halogens is 3. The highest BCUT2D eigenvalue weighted by atomic mass is 35.5. The summed E-state index contributed by atoms with van der Waals surface area (Å²) in [4.78, 5) is 36.8. The maximum Gasteiger partial charge on any atom is 0.371 e. The first-order chi connectivity index (χ1) is 18.5. The molecule has 2 aromatic carbocycles. The number of amides is 2. The van der Waals surface area contributed by atoms with Crippen molar-refractivity contribution in [2.45, 2.75) is 25.9 Å². The Morgan fingerprint density at radius 1 is 1.21 bits per heavy atom. The van der Waals surface area contributed by atoms with Gasteiger partial charge < -0.3 is 9.52 Å². The number of carbonyl (C=O) groups is 3. The highest BCUT2D eigenvalue weighted by Gasteiger charge is 2.28. The first kappa shape index (κ1) is 28.1. The molecule has 39 heavy (non-hydrogen) atoms. The largest absolute Gasteiger partial charge is 0.475 e. The van der Waals surface area contributed by atoms with E-state index < -0.39 is 17.8 Å². The van der Waals surface area contributed by atoms with Gasteiger partial charge in [0.15, 0.2) is 0 Å². The van der Waals surface area contributed by atoms with Crippen LogP contribution in [0.25, 0.3) is 17.0 Å². The van der Waals surface area contributed by atoms with Crippen molar-refractivity contribution in [2.24, 2.45) is 0 Å². The molecule has 2 aromatic heterocycles. The maximum absolute atomic E-state index is 14.2. The monoisotopic (exact) mass is 573 g/mol. The number of imide groups is 1. The lowest BCUT2D eigenvalue weighted by Gasteiger charge is -2.17. The van der Waals surface area contributed by atoms with Gasteiger partial charge in [-0.05, 0) is 59.9 Å². The SMILES string of the molecule is CS/C(=C\c1ccc2c(cnn2Cc2ccc(Cl)cc2C(C)(F)F)c1)C(=O)N(C=O)Cc1ccc(C(=O)O)o1. The molecule has 1 N–H and O–H groups in total. The number of nitrogens with zero attached hydrogens (tertiary/aromatic N) is 3. The Hall–Kier alpha value is -3.96. The molecule has 4 rings (SSSR count). The van der Waals surface area contributed by atoms with E-state index in [0.717, 1.165) is 29.0 Å². The van der Waals surface area contributed by atoms with E-state index >= 15 is 0 Å². The van der Waals surface area contributed by atoms with E-state index in [0.29, 0.717) is 23.1 Å². The number of hydrogen-bond acceptors (Lipinski definition) is 6. The zero-order valence-electron chi connectivity index (χ0n) is 20.7. The van der Waals surface area contributed by atoms with Gasteiger partial charge in [-0.15, -0.1) is 11.8 Å². The third-order valence-corrected chi connectivity index (χ3v) is 6.81. The number of carbonyl (C=O) groups excluding carboxylic acids is 2. The Labute approximate surface area is 230 Å². The van der Waals surface area contributed by atoms with Crippen LogP contribution in [0.3, 0.4) is 0 Å². The van der Waals surface area contributed by atoms with Crippen molar-refractivity contribution in [1.82, 2.24) is 14.7 Å². The van der Waals surface area contributed by atoms with E-state index in [-0.39, 0.29) is 40.1 Å². The lowest BCUT2D eigenvalue weighted by Crippen LogP contribution is -2.29. The smallest absolute Gasteiger partial charge is 0.371 e. The van der Waals surface area contributed by atoms with Gasteiger partial charge in [-0.1, -0.05) is 23.7 Å². The van der Waals surface area contributed by atoms with Gasteiger partial charge in [-0.25, -0.2) is 13.6 Å². The zero-order chi connectivity index (χ0) is 28.3. The molecule has 12 heteroatoms. The molecule has 0 aliphatic heterocycles. The van der Waals surface area contributed by atoms with Crippen molar-refractivity contribution in [3.8, 4) is 0 Å². The summed E-state index contributed by atoms with van der Waals surface area (Å²) in [7, 11) is 0. The summed E-state index contributed by atoms with van der Waals surface area (Å²) in [6, 6.07) is 12.3. The number of furan rings is 1. The van der Waals surface area contributed by atoms with E-state index in [1.807, 2.05) is 0 Å². The summed E-state index contributed by atoms with van der Waals surface area (Å²) in [5.41, 5.74) is 1.57. The average molecular weight is 574 g/mol. The van der Waals surface area contributed by atoms with Gasteiger partial charge in [0, 0.05) is 22.9 Å². The number of thioether (sulfide) groups is 1. The highest BCUT2D eigenvalue weighted by Crippen LogP contribution is 2.33. The molecule has 4 aromatic rings. The first-order valence-corrected chi connectivity index (χ1v) is 13.1. The standard InChI is InChI=1S/C27H22ClF2N3O5S/c1-27(29,30)21-11-19(28)5-4-17(21)13-33-22-7-3-16(9-18(22)12-31-33)10-24(39-2)25(35)32(15-34)14-20-6-8-23(38-20)26(36)37/h3-12,15H,13-14H2,1-2H3,(H,36,37)/b24-10-. The van der Waals surface area contributed by atoms with Crippen LogP contribution in [0.5, 0.6) is 0 Å². The fourth-order valence-electron chi connectivity index (χ4n) is 3.98.